The molecule has 5 rings (SSSR count). The molecule has 0 aliphatic rings. The summed E-state index contributed by atoms with van der Waals surface area (Å²) in [6, 6.07) is 45.2. The molecule has 0 aromatic heterocycles. The Balaban J connectivity index is 1.80. The number of hydrogen-bond acceptors (Lipinski definition) is 6. The van der Waals surface area contributed by atoms with Gasteiger partial charge in [-0.05, 0) is 48.5 Å². The van der Waals surface area contributed by atoms with Crippen LogP contribution in [-0.2, 0) is 0 Å². The summed E-state index contributed by atoms with van der Waals surface area (Å²) >= 11 is 6.35. The Morgan fingerprint density at radius 3 is 0.816 bits per heavy atom. The Hall–Kier alpha value is -3.52. The molecule has 0 aliphatic heterocycles. The van der Waals surface area contributed by atoms with Crippen LogP contribution in [0, 0.1) is 22.7 Å². The third-order valence-corrected chi connectivity index (χ3v) is 10.3. The Morgan fingerprint density at radius 1 is 0.342 bits per heavy atom. The van der Waals surface area contributed by atoms with Crippen molar-refractivity contribution in [1.29, 1.82) is 10.5 Å². The van der Waals surface area contributed by atoms with E-state index in [-0.39, 0.29) is 0 Å². The fraction of sp³-hybridized carbons (Fsp3) is 0. The van der Waals surface area contributed by atoms with E-state index in [4.69, 9.17) is 0 Å². The number of rotatable bonds is 8. The van der Waals surface area contributed by atoms with Gasteiger partial charge < -0.3 is 0 Å². The van der Waals surface area contributed by atoms with Crippen LogP contribution in [0.1, 0.15) is 11.1 Å². The quantitative estimate of drug-likeness (QED) is 0.188. The SMILES string of the molecule is N#Cc1c(C#N)c(Sc2ccccc2)c(Sc2ccccc2)c(Sc2ccccc2)c1Sc1ccccc1. The average Bonchev–Trinajstić information content (AvgIpc) is 2.98. The van der Waals surface area contributed by atoms with Gasteiger partial charge in [-0.3, -0.25) is 0 Å². The van der Waals surface area contributed by atoms with Gasteiger partial charge in [0.1, 0.15) is 12.1 Å². The summed E-state index contributed by atoms with van der Waals surface area (Å²) in [5.74, 6) is 0. The third kappa shape index (κ3) is 6.13. The second kappa shape index (κ2) is 12.8. The van der Waals surface area contributed by atoms with E-state index in [1.165, 1.54) is 23.5 Å². The van der Waals surface area contributed by atoms with Crippen molar-refractivity contribution in [3.05, 3.63) is 132 Å². The number of nitriles is 2. The standard InChI is InChI=1S/C32H20N2S4/c33-21-27-28(22-34)30(36-24-15-7-2-8-16-24)32(38-26-19-11-4-12-20-26)31(37-25-17-9-3-10-18-25)29(27)35-23-13-5-1-6-14-23/h1-20H. The molecule has 38 heavy (non-hydrogen) atoms. The largest absolute Gasteiger partial charge is 0.192 e. The predicted molar refractivity (Wildman–Crippen MR) is 158 cm³/mol. The number of benzene rings is 5. The minimum Gasteiger partial charge on any atom is -0.192 e. The van der Waals surface area contributed by atoms with E-state index in [1.54, 1.807) is 23.5 Å². The highest BCUT2D eigenvalue weighted by Crippen LogP contribution is 2.53. The highest BCUT2D eigenvalue weighted by Gasteiger charge is 2.27. The van der Waals surface area contributed by atoms with Crippen molar-refractivity contribution in [1.82, 2.24) is 0 Å². The molecule has 0 aliphatic carbocycles. The summed E-state index contributed by atoms with van der Waals surface area (Å²) < 4.78 is 0. The van der Waals surface area contributed by atoms with Crippen LogP contribution in [0.25, 0.3) is 0 Å². The van der Waals surface area contributed by atoms with Crippen molar-refractivity contribution in [2.24, 2.45) is 0 Å². The van der Waals surface area contributed by atoms with Gasteiger partial charge in [-0.1, -0.05) is 120 Å². The molecule has 0 saturated heterocycles. The molecule has 0 heterocycles. The molecule has 5 aromatic rings. The molecular formula is C32H20N2S4. The predicted octanol–water partition coefficient (Wildman–Crippen LogP) is 10.0. The number of nitrogens with zero attached hydrogens (tertiary/aromatic N) is 2. The van der Waals surface area contributed by atoms with Gasteiger partial charge in [0.2, 0.25) is 0 Å². The lowest BCUT2D eigenvalue weighted by molar-refractivity contribution is 0.998. The molecule has 6 heteroatoms. The topological polar surface area (TPSA) is 47.6 Å². The lowest BCUT2D eigenvalue weighted by Gasteiger charge is -2.21. The summed E-state index contributed by atoms with van der Waals surface area (Å²) in [6.45, 7) is 0. The van der Waals surface area contributed by atoms with Crippen LogP contribution >= 0.6 is 47.0 Å². The molecule has 0 unspecified atom stereocenters. The molecule has 0 saturated carbocycles. The first kappa shape index (κ1) is 26.1. The lowest BCUT2D eigenvalue weighted by atomic mass is 10.1. The van der Waals surface area contributed by atoms with Crippen molar-refractivity contribution in [2.75, 3.05) is 0 Å². The van der Waals surface area contributed by atoms with E-state index >= 15 is 0 Å². The van der Waals surface area contributed by atoms with Crippen LogP contribution in [0.3, 0.4) is 0 Å². The molecule has 0 N–H and O–H groups in total. The molecule has 0 radical (unpaired) electrons. The fourth-order valence-corrected chi connectivity index (χ4v) is 8.34. The van der Waals surface area contributed by atoms with Crippen molar-refractivity contribution in [3.63, 3.8) is 0 Å². The van der Waals surface area contributed by atoms with Gasteiger partial charge in [0.25, 0.3) is 0 Å². The first-order valence-electron chi connectivity index (χ1n) is 11.7. The smallest absolute Gasteiger partial charge is 0.102 e. The van der Waals surface area contributed by atoms with Crippen LogP contribution in [0.5, 0.6) is 0 Å². The Morgan fingerprint density at radius 2 is 0.579 bits per heavy atom. The Kier molecular flexibility index (Phi) is 8.81. The summed E-state index contributed by atoms with van der Waals surface area (Å²) in [5.41, 5.74) is 0.825. The van der Waals surface area contributed by atoms with Gasteiger partial charge in [-0.2, -0.15) is 10.5 Å². The van der Waals surface area contributed by atoms with E-state index in [9.17, 15) is 10.5 Å². The molecule has 0 spiro atoms. The molecule has 0 atom stereocenters. The zero-order valence-electron chi connectivity index (χ0n) is 20.1. The summed E-state index contributed by atoms with van der Waals surface area (Å²) in [7, 11) is 0. The van der Waals surface area contributed by atoms with E-state index in [2.05, 4.69) is 36.4 Å². The normalized spacial score (nSPS) is 10.5. The second-order valence-corrected chi connectivity index (χ2v) is 12.3. The maximum absolute atomic E-state index is 10.4. The van der Waals surface area contributed by atoms with Crippen LogP contribution in [0.15, 0.2) is 160 Å². The molecular weight excluding hydrogens is 541 g/mol. The molecule has 182 valence electrons. The summed E-state index contributed by atoms with van der Waals surface area (Å²) in [5, 5.41) is 20.9. The van der Waals surface area contributed by atoms with Crippen molar-refractivity contribution in [2.45, 2.75) is 39.2 Å². The Labute approximate surface area is 240 Å². The first-order chi connectivity index (χ1) is 18.8. The zero-order chi connectivity index (χ0) is 26.2. The van der Waals surface area contributed by atoms with Crippen LogP contribution < -0.4 is 0 Å². The minimum absolute atomic E-state index is 0.413. The number of hydrogen-bond donors (Lipinski definition) is 0. The molecule has 2 nitrogen and oxygen atoms in total. The van der Waals surface area contributed by atoms with E-state index < -0.39 is 0 Å². The maximum atomic E-state index is 10.4. The monoisotopic (exact) mass is 560 g/mol. The minimum atomic E-state index is 0.413. The lowest BCUT2D eigenvalue weighted by Crippen LogP contribution is -1.99. The Bertz CT molecular complexity index is 1490. The molecule has 0 amide bonds. The van der Waals surface area contributed by atoms with E-state index in [0.717, 1.165) is 39.2 Å². The molecule has 0 bridgehead atoms. The van der Waals surface area contributed by atoms with Crippen LogP contribution in [0.4, 0.5) is 0 Å². The van der Waals surface area contributed by atoms with Crippen molar-refractivity contribution >= 4 is 47.0 Å². The van der Waals surface area contributed by atoms with Gasteiger partial charge in [-0.25, -0.2) is 0 Å². The molecule has 0 fully saturated rings. The maximum Gasteiger partial charge on any atom is 0.102 e. The van der Waals surface area contributed by atoms with E-state index in [1.807, 2.05) is 97.1 Å². The van der Waals surface area contributed by atoms with Crippen LogP contribution in [-0.4, -0.2) is 0 Å². The molecule has 5 aromatic carbocycles. The van der Waals surface area contributed by atoms with Crippen LogP contribution in [0.2, 0.25) is 0 Å². The zero-order valence-corrected chi connectivity index (χ0v) is 23.3. The van der Waals surface area contributed by atoms with Gasteiger partial charge in [0, 0.05) is 39.2 Å². The fourth-order valence-electron chi connectivity index (χ4n) is 3.68. The first-order valence-corrected chi connectivity index (χ1v) is 15.0. The average molecular weight is 561 g/mol. The summed E-state index contributed by atoms with van der Waals surface area (Å²) in [6.07, 6.45) is 0. The highest BCUT2D eigenvalue weighted by atomic mass is 32.2. The van der Waals surface area contributed by atoms with Gasteiger partial charge in [0.05, 0.1) is 11.1 Å². The van der Waals surface area contributed by atoms with Gasteiger partial charge >= 0.3 is 0 Å². The van der Waals surface area contributed by atoms with Gasteiger partial charge in [0.15, 0.2) is 0 Å². The van der Waals surface area contributed by atoms with Crippen molar-refractivity contribution in [3.8, 4) is 12.1 Å². The third-order valence-electron chi connectivity index (χ3n) is 5.40. The van der Waals surface area contributed by atoms with Crippen molar-refractivity contribution < 1.29 is 0 Å². The van der Waals surface area contributed by atoms with E-state index in [0.29, 0.717) is 11.1 Å². The highest BCUT2D eigenvalue weighted by molar-refractivity contribution is 8.05. The summed E-state index contributed by atoms with van der Waals surface area (Å²) in [4.78, 5) is 7.74. The second-order valence-electron chi connectivity index (χ2n) is 7.95. The van der Waals surface area contributed by atoms with Gasteiger partial charge in [-0.15, -0.1) is 0 Å².